The zero-order valence-corrected chi connectivity index (χ0v) is 11.1. The summed E-state index contributed by atoms with van der Waals surface area (Å²) in [5.41, 5.74) is 2.20. The van der Waals surface area contributed by atoms with Gasteiger partial charge in [0.25, 0.3) is 0 Å². The van der Waals surface area contributed by atoms with Crippen LogP contribution in [0.25, 0.3) is 22.4 Å². The molecule has 3 aromatic rings. The van der Waals surface area contributed by atoms with Gasteiger partial charge in [0.2, 0.25) is 5.91 Å². The van der Waals surface area contributed by atoms with E-state index in [1.54, 1.807) is 24.3 Å². The summed E-state index contributed by atoms with van der Waals surface area (Å²) in [6, 6.07) is 9.10. The van der Waals surface area contributed by atoms with E-state index in [1.807, 2.05) is 0 Å². The number of aromatic amines is 1. The van der Waals surface area contributed by atoms with Gasteiger partial charge in [0.1, 0.15) is 5.82 Å². The van der Waals surface area contributed by atoms with Gasteiger partial charge in [-0.1, -0.05) is 0 Å². The number of benzene rings is 2. The molecule has 2 aromatic carbocycles. The quantitative estimate of drug-likeness (QED) is 0.758. The first-order chi connectivity index (χ1) is 10.0. The van der Waals surface area contributed by atoms with Crippen LogP contribution >= 0.6 is 0 Å². The number of imidazole rings is 1. The van der Waals surface area contributed by atoms with Gasteiger partial charge in [0.15, 0.2) is 11.6 Å². The smallest absolute Gasteiger partial charge is 0.221 e. The number of nitrogens with one attached hydrogen (secondary N) is 2. The average molecular weight is 287 g/mol. The number of carbonyl (C=O) groups is 1. The fourth-order valence-electron chi connectivity index (χ4n) is 2.06. The van der Waals surface area contributed by atoms with Crippen LogP contribution in [0.2, 0.25) is 0 Å². The molecule has 2 N–H and O–H groups in total. The molecule has 0 saturated heterocycles. The van der Waals surface area contributed by atoms with E-state index in [4.69, 9.17) is 0 Å². The monoisotopic (exact) mass is 287 g/mol. The van der Waals surface area contributed by atoms with Crippen molar-refractivity contribution in [3.63, 3.8) is 0 Å². The number of carbonyl (C=O) groups excluding carboxylic acids is 1. The second-order valence-corrected chi connectivity index (χ2v) is 4.63. The lowest BCUT2D eigenvalue weighted by Gasteiger charge is -2.02. The maximum absolute atomic E-state index is 13.2. The van der Waals surface area contributed by atoms with Crippen molar-refractivity contribution in [1.82, 2.24) is 9.97 Å². The Morgan fingerprint density at radius 2 is 1.81 bits per heavy atom. The van der Waals surface area contributed by atoms with E-state index in [2.05, 4.69) is 15.3 Å². The molecular formula is C15H11F2N3O. The Kier molecular flexibility index (Phi) is 3.13. The van der Waals surface area contributed by atoms with Gasteiger partial charge in [0, 0.05) is 30.3 Å². The molecular weight excluding hydrogens is 276 g/mol. The van der Waals surface area contributed by atoms with Crippen molar-refractivity contribution in [1.29, 1.82) is 0 Å². The number of fused-ring (bicyclic) bond motifs is 1. The third kappa shape index (κ3) is 2.60. The number of hydrogen-bond donors (Lipinski definition) is 2. The molecule has 0 unspecified atom stereocenters. The maximum atomic E-state index is 13.2. The molecule has 4 nitrogen and oxygen atoms in total. The van der Waals surface area contributed by atoms with Crippen LogP contribution in [0.3, 0.4) is 0 Å². The van der Waals surface area contributed by atoms with Crippen molar-refractivity contribution in [2.45, 2.75) is 6.92 Å². The van der Waals surface area contributed by atoms with E-state index in [0.29, 0.717) is 22.5 Å². The van der Waals surface area contributed by atoms with E-state index in [1.165, 1.54) is 6.92 Å². The van der Waals surface area contributed by atoms with Gasteiger partial charge in [-0.25, -0.2) is 13.8 Å². The summed E-state index contributed by atoms with van der Waals surface area (Å²) >= 11 is 0. The maximum Gasteiger partial charge on any atom is 0.221 e. The predicted octanol–water partition coefficient (Wildman–Crippen LogP) is 3.47. The van der Waals surface area contributed by atoms with Gasteiger partial charge in [0.05, 0.1) is 11.0 Å². The zero-order chi connectivity index (χ0) is 15.0. The fraction of sp³-hybridized carbons (Fsp3) is 0.0667. The van der Waals surface area contributed by atoms with Crippen LogP contribution < -0.4 is 5.32 Å². The molecule has 0 radical (unpaired) electrons. The SMILES string of the molecule is CC(=O)Nc1ccc(-c2nc3cc(F)c(F)cc3[nH]2)cc1. The normalized spacial score (nSPS) is 10.8. The van der Waals surface area contributed by atoms with E-state index >= 15 is 0 Å². The van der Waals surface area contributed by atoms with Crippen molar-refractivity contribution in [2.24, 2.45) is 0 Å². The molecule has 1 amide bonds. The molecule has 0 spiro atoms. The molecule has 0 aliphatic heterocycles. The minimum absolute atomic E-state index is 0.155. The zero-order valence-electron chi connectivity index (χ0n) is 11.1. The molecule has 0 aliphatic rings. The van der Waals surface area contributed by atoms with Gasteiger partial charge in [-0.3, -0.25) is 4.79 Å². The first-order valence-electron chi connectivity index (χ1n) is 6.26. The van der Waals surface area contributed by atoms with Crippen molar-refractivity contribution in [3.05, 3.63) is 48.0 Å². The molecule has 6 heteroatoms. The molecule has 0 aliphatic carbocycles. The van der Waals surface area contributed by atoms with E-state index in [-0.39, 0.29) is 5.91 Å². The molecule has 3 rings (SSSR count). The number of hydrogen-bond acceptors (Lipinski definition) is 2. The first kappa shape index (κ1) is 13.2. The van der Waals surface area contributed by atoms with Crippen LogP contribution in [0.15, 0.2) is 36.4 Å². The molecule has 1 aromatic heterocycles. The summed E-state index contributed by atoms with van der Waals surface area (Å²) < 4.78 is 26.3. The topological polar surface area (TPSA) is 57.8 Å². The average Bonchev–Trinajstić information content (AvgIpc) is 2.82. The number of aromatic nitrogens is 2. The molecule has 0 saturated carbocycles. The van der Waals surface area contributed by atoms with Crippen molar-refractivity contribution >= 4 is 22.6 Å². The Labute approximate surface area is 118 Å². The van der Waals surface area contributed by atoms with E-state index < -0.39 is 11.6 Å². The number of nitrogens with zero attached hydrogens (tertiary/aromatic N) is 1. The minimum atomic E-state index is -0.929. The molecule has 1 heterocycles. The fourth-order valence-corrected chi connectivity index (χ4v) is 2.06. The van der Waals surface area contributed by atoms with Crippen LogP contribution in [-0.2, 0) is 4.79 Å². The van der Waals surface area contributed by atoms with E-state index in [9.17, 15) is 13.6 Å². The highest BCUT2D eigenvalue weighted by atomic mass is 19.2. The predicted molar refractivity (Wildman–Crippen MR) is 75.7 cm³/mol. The van der Waals surface area contributed by atoms with Crippen LogP contribution in [-0.4, -0.2) is 15.9 Å². The minimum Gasteiger partial charge on any atom is -0.338 e. The van der Waals surface area contributed by atoms with Gasteiger partial charge >= 0.3 is 0 Å². The highest BCUT2D eigenvalue weighted by molar-refractivity contribution is 5.89. The molecule has 0 bridgehead atoms. The van der Waals surface area contributed by atoms with Crippen LogP contribution in [0.4, 0.5) is 14.5 Å². The number of halogens is 2. The lowest BCUT2D eigenvalue weighted by molar-refractivity contribution is -0.114. The Balaban J connectivity index is 1.98. The lowest BCUT2D eigenvalue weighted by atomic mass is 10.2. The molecule has 21 heavy (non-hydrogen) atoms. The third-order valence-corrected chi connectivity index (χ3v) is 3.00. The second-order valence-electron chi connectivity index (χ2n) is 4.63. The number of rotatable bonds is 2. The van der Waals surface area contributed by atoms with Gasteiger partial charge in [-0.15, -0.1) is 0 Å². The largest absolute Gasteiger partial charge is 0.338 e. The molecule has 0 atom stereocenters. The third-order valence-electron chi connectivity index (χ3n) is 3.00. The molecule has 0 fully saturated rings. The molecule has 106 valence electrons. The number of anilines is 1. The summed E-state index contributed by atoms with van der Waals surface area (Å²) in [6.07, 6.45) is 0. The summed E-state index contributed by atoms with van der Waals surface area (Å²) in [6.45, 7) is 1.43. The second kappa shape index (κ2) is 4.97. The van der Waals surface area contributed by atoms with Crippen molar-refractivity contribution in [3.8, 4) is 11.4 Å². The Morgan fingerprint density at radius 1 is 1.14 bits per heavy atom. The first-order valence-corrected chi connectivity index (χ1v) is 6.26. The Bertz CT molecular complexity index is 786. The van der Waals surface area contributed by atoms with Gasteiger partial charge in [-0.05, 0) is 24.3 Å². The van der Waals surface area contributed by atoms with Crippen molar-refractivity contribution < 1.29 is 13.6 Å². The summed E-state index contributed by atoms with van der Waals surface area (Å²) in [5.74, 6) is -1.50. The van der Waals surface area contributed by atoms with Crippen LogP contribution in [0, 0.1) is 11.6 Å². The van der Waals surface area contributed by atoms with E-state index in [0.717, 1.165) is 17.7 Å². The Hall–Kier alpha value is -2.76. The van der Waals surface area contributed by atoms with Crippen LogP contribution in [0.5, 0.6) is 0 Å². The summed E-state index contributed by atoms with van der Waals surface area (Å²) in [7, 11) is 0. The summed E-state index contributed by atoms with van der Waals surface area (Å²) in [5, 5.41) is 2.66. The number of amides is 1. The standard InChI is InChI=1S/C15H11F2N3O/c1-8(21)18-10-4-2-9(3-5-10)15-19-13-6-11(16)12(17)7-14(13)20-15/h2-7H,1H3,(H,18,21)(H,19,20). The van der Waals surface area contributed by atoms with Crippen molar-refractivity contribution in [2.75, 3.05) is 5.32 Å². The van der Waals surface area contributed by atoms with Gasteiger partial charge in [-0.2, -0.15) is 0 Å². The van der Waals surface area contributed by atoms with Gasteiger partial charge < -0.3 is 10.3 Å². The van der Waals surface area contributed by atoms with Crippen LogP contribution in [0.1, 0.15) is 6.92 Å². The Morgan fingerprint density at radius 3 is 2.48 bits per heavy atom. The lowest BCUT2D eigenvalue weighted by Crippen LogP contribution is -2.05. The number of H-pyrrole nitrogens is 1. The summed E-state index contributed by atoms with van der Waals surface area (Å²) in [4.78, 5) is 18.1. The highest BCUT2D eigenvalue weighted by Crippen LogP contribution is 2.23. The highest BCUT2D eigenvalue weighted by Gasteiger charge is 2.10.